The first kappa shape index (κ1) is 20.1. The number of rotatable bonds is 5. The van der Waals surface area contributed by atoms with Crippen molar-refractivity contribution in [3.63, 3.8) is 0 Å². The van der Waals surface area contributed by atoms with Gasteiger partial charge in [-0.15, -0.1) is 0 Å². The Morgan fingerprint density at radius 1 is 1.00 bits per heavy atom. The molecule has 1 atom stereocenters. The molecule has 5 heteroatoms. The van der Waals surface area contributed by atoms with E-state index in [-0.39, 0.29) is 23.5 Å². The van der Waals surface area contributed by atoms with Gasteiger partial charge in [-0.3, -0.25) is 9.59 Å². The molecule has 4 nitrogen and oxygen atoms in total. The Balaban J connectivity index is 1.36. The molecule has 3 aromatic rings. The molecule has 1 heterocycles. The van der Waals surface area contributed by atoms with Crippen LogP contribution in [0.4, 0.5) is 4.39 Å². The monoisotopic (exact) mass is 404 g/mol. The van der Waals surface area contributed by atoms with Gasteiger partial charge in [0.25, 0.3) is 0 Å². The van der Waals surface area contributed by atoms with Crippen molar-refractivity contribution < 1.29 is 14.0 Å². The van der Waals surface area contributed by atoms with Crippen LogP contribution >= 0.6 is 0 Å². The zero-order valence-electron chi connectivity index (χ0n) is 16.8. The number of likely N-dealkylation sites (tertiary alicyclic amines) is 1. The van der Waals surface area contributed by atoms with Crippen molar-refractivity contribution in [3.8, 4) is 0 Å². The molecular formula is C25H25FN2O2. The Morgan fingerprint density at radius 3 is 2.60 bits per heavy atom. The minimum atomic E-state index is -0.294. The van der Waals surface area contributed by atoms with Gasteiger partial charge in [0.05, 0.1) is 12.3 Å². The van der Waals surface area contributed by atoms with Crippen LogP contribution in [-0.2, 0) is 22.6 Å². The Kier molecular flexibility index (Phi) is 6.07. The van der Waals surface area contributed by atoms with Gasteiger partial charge in [-0.1, -0.05) is 54.6 Å². The third-order valence-electron chi connectivity index (χ3n) is 5.75. The van der Waals surface area contributed by atoms with Gasteiger partial charge in [0.1, 0.15) is 5.82 Å². The maximum Gasteiger partial charge on any atom is 0.227 e. The predicted octanol–water partition coefficient (Wildman–Crippen LogP) is 4.08. The van der Waals surface area contributed by atoms with Crippen LogP contribution in [0, 0.1) is 11.7 Å². The number of halogens is 1. The molecule has 1 aliphatic heterocycles. The van der Waals surface area contributed by atoms with Crippen LogP contribution in [0.5, 0.6) is 0 Å². The number of fused-ring (bicyclic) bond motifs is 1. The Bertz CT molecular complexity index is 1040. The number of carbonyl (C=O) groups is 2. The van der Waals surface area contributed by atoms with Crippen molar-refractivity contribution in [1.82, 2.24) is 10.2 Å². The van der Waals surface area contributed by atoms with Crippen molar-refractivity contribution in [2.45, 2.75) is 25.8 Å². The van der Waals surface area contributed by atoms with E-state index < -0.39 is 0 Å². The van der Waals surface area contributed by atoms with Crippen LogP contribution in [0.15, 0.2) is 66.7 Å². The largest absolute Gasteiger partial charge is 0.352 e. The summed E-state index contributed by atoms with van der Waals surface area (Å²) in [5.41, 5.74) is 1.87. The fraction of sp³-hybridized carbons (Fsp3) is 0.280. The summed E-state index contributed by atoms with van der Waals surface area (Å²) < 4.78 is 13.0. The van der Waals surface area contributed by atoms with Gasteiger partial charge in [-0.05, 0) is 46.9 Å². The van der Waals surface area contributed by atoms with E-state index in [1.807, 2.05) is 47.4 Å². The van der Waals surface area contributed by atoms with Gasteiger partial charge in [0, 0.05) is 19.6 Å². The zero-order valence-corrected chi connectivity index (χ0v) is 16.8. The SMILES string of the molecule is O=C(NCc1ccc(F)cc1)[C@@H]1CCCN(C(=O)Cc2cccc3ccccc23)C1. The predicted molar refractivity (Wildman–Crippen MR) is 115 cm³/mol. The molecule has 0 saturated carbocycles. The van der Waals surface area contributed by atoms with Crippen molar-refractivity contribution in [1.29, 1.82) is 0 Å². The highest BCUT2D eigenvalue weighted by Crippen LogP contribution is 2.22. The van der Waals surface area contributed by atoms with Crippen LogP contribution in [0.1, 0.15) is 24.0 Å². The molecular weight excluding hydrogens is 379 g/mol. The number of amides is 2. The second-order valence-electron chi connectivity index (χ2n) is 7.84. The van der Waals surface area contributed by atoms with Gasteiger partial charge >= 0.3 is 0 Å². The molecule has 0 aliphatic carbocycles. The Labute approximate surface area is 175 Å². The molecule has 1 fully saturated rings. The first-order chi connectivity index (χ1) is 14.6. The number of hydrogen-bond donors (Lipinski definition) is 1. The lowest BCUT2D eigenvalue weighted by molar-refractivity contribution is -0.135. The summed E-state index contributed by atoms with van der Waals surface area (Å²) >= 11 is 0. The minimum absolute atomic E-state index is 0.0537. The van der Waals surface area contributed by atoms with E-state index in [0.717, 1.165) is 34.7 Å². The topological polar surface area (TPSA) is 49.4 Å². The fourth-order valence-corrected chi connectivity index (χ4v) is 4.07. The summed E-state index contributed by atoms with van der Waals surface area (Å²) in [6, 6.07) is 20.2. The normalized spacial score (nSPS) is 16.4. The molecule has 4 rings (SSSR count). The van der Waals surface area contributed by atoms with Gasteiger partial charge in [-0.2, -0.15) is 0 Å². The van der Waals surface area contributed by atoms with Crippen molar-refractivity contribution >= 4 is 22.6 Å². The summed E-state index contributed by atoms with van der Waals surface area (Å²) in [4.78, 5) is 27.4. The minimum Gasteiger partial charge on any atom is -0.352 e. The number of piperidine rings is 1. The Morgan fingerprint density at radius 2 is 1.77 bits per heavy atom. The molecule has 2 amide bonds. The fourth-order valence-electron chi connectivity index (χ4n) is 4.07. The number of benzene rings is 3. The average molecular weight is 404 g/mol. The number of hydrogen-bond acceptors (Lipinski definition) is 2. The summed E-state index contributed by atoms with van der Waals surface area (Å²) in [6.07, 6.45) is 1.93. The molecule has 3 aromatic carbocycles. The molecule has 0 radical (unpaired) electrons. The van der Waals surface area contributed by atoms with Crippen LogP contribution < -0.4 is 5.32 Å². The van der Waals surface area contributed by atoms with E-state index in [9.17, 15) is 14.0 Å². The van der Waals surface area contributed by atoms with Gasteiger partial charge in [0.15, 0.2) is 0 Å². The first-order valence-corrected chi connectivity index (χ1v) is 10.4. The third kappa shape index (κ3) is 4.67. The maximum absolute atomic E-state index is 13.0. The quantitative estimate of drug-likeness (QED) is 0.697. The highest BCUT2D eigenvalue weighted by atomic mass is 19.1. The first-order valence-electron chi connectivity index (χ1n) is 10.4. The summed E-state index contributed by atoms with van der Waals surface area (Å²) in [7, 11) is 0. The van der Waals surface area contributed by atoms with E-state index in [1.165, 1.54) is 12.1 Å². The molecule has 0 aromatic heterocycles. The van der Waals surface area contributed by atoms with Gasteiger partial charge < -0.3 is 10.2 Å². The molecule has 0 bridgehead atoms. The van der Waals surface area contributed by atoms with Crippen LogP contribution in [0.2, 0.25) is 0 Å². The van der Waals surface area contributed by atoms with Crippen molar-refractivity contribution in [3.05, 3.63) is 83.7 Å². The highest BCUT2D eigenvalue weighted by Gasteiger charge is 2.28. The molecule has 154 valence electrons. The van der Waals surface area contributed by atoms with Crippen LogP contribution in [0.3, 0.4) is 0 Å². The van der Waals surface area contributed by atoms with Gasteiger partial charge in [-0.25, -0.2) is 4.39 Å². The second kappa shape index (κ2) is 9.08. The van der Waals surface area contributed by atoms with E-state index in [0.29, 0.717) is 26.1 Å². The molecule has 1 N–H and O–H groups in total. The van der Waals surface area contributed by atoms with Crippen molar-refractivity contribution in [2.75, 3.05) is 13.1 Å². The standard InChI is InChI=1S/C25H25FN2O2/c26-22-12-10-18(11-13-22)16-27-25(30)21-8-4-14-28(17-21)24(29)15-20-7-3-6-19-5-1-2-9-23(19)20/h1-3,5-7,9-13,21H,4,8,14-17H2,(H,27,30)/t21-/m1/s1. The summed E-state index contributed by atoms with van der Waals surface area (Å²) in [6.45, 7) is 1.49. The van der Waals surface area contributed by atoms with Crippen LogP contribution in [-0.4, -0.2) is 29.8 Å². The Hall–Kier alpha value is -3.21. The smallest absolute Gasteiger partial charge is 0.227 e. The number of nitrogens with zero attached hydrogens (tertiary/aromatic N) is 1. The highest BCUT2D eigenvalue weighted by molar-refractivity contribution is 5.90. The molecule has 1 aliphatic rings. The second-order valence-corrected chi connectivity index (χ2v) is 7.84. The number of carbonyl (C=O) groups excluding carboxylic acids is 2. The lowest BCUT2D eigenvalue weighted by Crippen LogP contribution is -2.45. The summed E-state index contributed by atoms with van der Waals surface area (Å²) in [5, 5.41) is 5.14. The lowest BCUT2D eigenvalue weighted by atomic mass is 9.95. The summed E-state index contributed by atoms with van der Waals surface area (Å²) in [5.74, 6) is -0.502. The van der Waals surface area contributed by atoms with Crippen molar-refractivity contribution in [2.24, 2.45) is 5.92 Å². The van der Waals surface area contributed by atoms with Gasteiger partial charge in [0.2, 0.25) is 11.8 Å². The molecule has 1 saturated heterocycles. The lowest BCUT2D eigenvalue weighted by Gasteiger charge is -2.32. The number of nitrogens with one attached hydrogen (secondary N) is 1. The van der Waals surface area contributed by atoms with Crippen LogP contribution in [0.25, 0.3) is 10.8 Å². The van der Waals surface area contributed by atoms with E-state index >= 15 is 0 Å². The van der Waals surface area contributed by atoms with E-state index in [1.54, 1.807) is 12.1 Å². The van der Waals surface area contributed by atoms with E-state index in [4.69, 9.17) is 0 Å². The molecule has 0 spiro atoms. The zero-order chi connectivity index (χ0) is 20.9. The average Bonchev–Trinajstić information content (AvgIpc) is 2.79. The molecule has 0 unspecified atom stereocenters. The van der Waals surface area contributed by atoms with E-state index in [2.05, 4.69) is 5.32 Å². The maximum atomic E-state index is 13.0. The molecule has 30 heavy (non-hydrogen) atoms. The third-order valence-corrected chi connectivity index (χ3v) is 5.75.